The van der Waals surface area contributed by atoms with Crippen LogP contribution in [-0.4, -0.2) is 16.7 Å². The van der Waals surface area contributed by atoms with Crippen molar-refractivity contribution in [3.05, 3.63) is 48.2 Å². The van der Waals surface area contributed by atoms with Gasteiger partial charge in [0.25, 0.3) is 0 Å². The molecule has 1 amide bonds. The van der Waals surface area contributed by atoms with Gasteiger partial charge in [0.2, 0.25) is 5.91 Å². The van der Waals surface area contributed by atoms with Gasteiger partial charge in [0.15, 0.2) is 11.6 Å². The van der Waals surface area contributed by atoms with E-state index in [1.165, 1.54) is 18.3 Å². The zero-order chi connectivity index (χ0) is 19.4. The second kappa shape index (κ2) is 8.24. The summed E-state index contributed by atoms with van der Waals surface area (Å²) in [7, 11) is 0. The lowest BCUT2D eigenvalue weighted by molar-refractivity contribution is -0.125. The van der Waals surface area contributed by atoms with Crippen LogP contribution in [0.3, 0.4) is 0 Å². The summed E-state index contributed by atoms with van der Waals surface area (Å²) in [6.07, 6.45) is 3.88. The monoisotopic (exact) mass is 374 g/mol. The number of hydrogen-bond donors (Lipinski definition) is 1. The summed E-state index contributed by atoms with van der Waals surface area (Å²) in [4.78, 5) is 27.8. The molecule has 27 heavy (non-hydrogen) atoms. The SMILES string of the molecule is CC(C(=O)Nc1ccc(Oc2ccc(F)cc2F)cn1)C1CCC(=O)CC1. The van der Waals surface area contributed by atoms with E-state index in [1.807, 2.05) is 6.92 Å². The molecule has 1 fully saturated rings. The number of hydrogen-bond acceptors (Lipinski definition) is 4. The third-order valence-electron chi connectivity index (χ3n) is 4.82. The summed E-state index contributed by atoms with van der Waals surface area (Å²) in [5.74, 6) is -0.928. The Morgan fingerprint density at radius 3 is 2.59 bits per heavy atom. The molecule has 0 bridgehead atoms. The molecule has 7 heteroatoms. The van der Waals surface area contributed by atoms with Crippen molar-refractivity contribution < 1.29 is 23.1 Å². The Bertz CT molecular complexity index is 830. The molecule has 1 heterocycles. The van der Waals surface area contributed by atoms with Crippen LogP contribution in [0.1, 0.15) is 32.6 Å². The number of nitrogens with one attached hydrogen (secondary N) is 1. The first-order valence-corrected chi connectivity index (χ1v) is 8.84. The minimum atomic E-state index is -0.813. The Balaban J connectivity index is 1.58. The largest absolute Gasteiger partial charge is 0.453 e. The highest BCUT2D eigenvalue weighted by atomic mass is 19.1. The van der Waals surface area contributed by atoms with Crippen molar-refractivity contribution in [2.75, 3.05) is 5.32 Å². The van der Waals surface area contributed by atoms with Gasteiger partial charge in [0.05, 0.1) is 6.20 Å². The molecule has 1 aliphatic carbocycles. The van der Waals surface area contributed by atoms with Gasteiger partial charge in [-0.3, -0.25) is 9.59 Å². The predicted octanol–water partition coefficient (Wildman–Crippen LogP) is 4.49. The summed E-state index contributed by atoms with van der Waals surface area (Å²) in [5.41, 5.74) is 0. The van der Waals surface area contributed by atoms with Crippen LogP contribution in [0.2, 0.25) is 0 Å². The first-order valence-electron chi connectivity index (χ1n) is 8.84. The molecule has 1 aromatic carbocycles. The molecule has 0 saturated heterocycles. The molecular weight excluding hydrogens is 354 g/mol. The summed E-state index contributed by atoms with van der Waals surface area (Å²) in [5, 5.41) is 2.75. The van der Waals surface area contributed by atoms with Crippen molar-refractivity contribution in [2.24, 2.45) is 11.8 Å². The number of benzene rings is 1. The van der Waals surface area contributed by atoms with Gasteiger partial charge >= 0.3 is 0 Å². The van der Waals surface area contributed by atoms with Gasteiger partial charge in [-0.1, -0.05) is 6.92 Å². The number of Topliss-reactive ketones (excluding diaryl/α,β-unsaturated/α-hetero) is 1. The number of anilines is 1. The third-order valence-corrected chi connectivity index (χ3v) is 4.82. The van der Waals surface area contributed by atoms with E-state index in [9.17, 15) is 18.4 Å². The van der Waals surface area contributed by atoms with Gasteiger partial charge in [-0.15, -0.1) is 0 Å². The van der Waals surface area contributed by atoms with Crippen molar-refractivity contribution in [2.45, 2.75) is 32.6 Å². The van der Waals surface area contributed by atoms with E-state index >= 15 is 0 Å². The van der Waals surface area contributed by atoms with Gasteiger partial charge < -0.3 is 10.1 Å². The van der Waals surface area contributed by atoms with E-state index in [-0.39, 0.29) is 35.0 Å². The fourth-order valence-corrected chi connectivity index (χ4v) is 3.12. The molecule has 0 spiro atoms. The Kier molecular flexibility index (Phi) is 5.78. The van der Waals surface area contributed by atoms with Gasteiger partial charge in [0.1, 0.15) is 23.2 Å². The normalized spacial score (nSPS) is 16.0. The Labute approximate surface area is 155 Å². The third kappa shape index (κ3) is 4.87. The van der Waals surface area contributed by atoms with Gasteiger partial charge in [-0.25, -0.2) is 13.8 Å². The number of nitrogens with zero attached hydrogens (tertiary/aromatic N) is 1. The Morgan fingerprint density at radius 1 is 1.22 bits per heavy atom. The fraction of sp³-hybridized carbons (Fsp3) is 0.350. The predicted molar refractivity (Wildman–Crippen MR) is 95.4 cm³/mol. The maximum Gasteiger partial charge on any atom is 0.228 e. The lowest BCUT2D eigenvalue weighted by atomic mass is 9.80. The number of carbonyl (C=O) groups is 2. The zero-order valence-corrected chi connectivity index (χ0v) is 14.9. The van der Waals surface area contributed by atoms with Crippen molar-refractivity contribution >= 4 is 17.5 Å². The molecule has 1 aromatic heterocycles. The number of ether oxygens (including phenoxy) is 1. The highest BCUT2D eigenvalue weighted by Gasteiger charge is 2.28. The van der Waals surface area contributed by atoms with E-state index in [0.29, 0.717) is 18.7 Å². The maximum absolute atomic E-state index is 13.6. The highest BCUT2D eigenvalue weighted by molar-refractivity contribution is 5.91. The average molecular weight is 374 g/mol. The van der Waals surface area contributed by atoms with E-state index in [0.717, 1.165) is 25.0 Å². The summed E-state index contributed by atoms with van der Waals surface area (Å²) in [6, 6.07) is 6.11. The molecule has 1 unspecified atom stereocenters. The average Bonchev–Trinajstić information content (AvgIpc) is 2.65. The molecule has 0 radical (unpaired) electrons. The lowest BCUT2D eigenvalue weighted by Crippen LogP contribution is -2.30. The summed E-state index contributed by atoms with van der Waals surface area (Å²) >= 11 is 0. The van der Waals surface area contributed by atoms with E-state index in [2.05, 4.69) is 10.3 Å². The summed E-state index contributed by atoms with van der Waals surface area (Å²) < 4.78 is 31.9. The number of rotatable bonds is 5. The van der Waals surface area contributed by atoms with Crippen LogP contribution in [-0.2, 0) is 9.59 Å². The smallest absolute Gasteiger partial charge is 0.228 e. The maximum atomic E-state index is 13.6. The second-order valence-corrected chi connectivity index (χ2v) is 6.71. The molecule has 1 atom stereocenters. The van der Waals surface area contributed by atoms with Crippen LogP contribution < -0.4 is 10.1 Å². The van der Waals surface area contributed by atoms with Crippen LogP contribution in [0.15, 0.2) is 36.5 Å². The molecule has 1 aliphatic rings. The van der Waals surface area contributed by atoms with Gasteiger partial charge in [0, 0.05) is 24.8 Å². The quantitative estimate of drug-likeness (QED) is 0.837. The molecule has 5 nitrogen and oxygen atoms in total. The zero-order valence-electron chi connectivity index (χ0n) is 14.9. The van der Waals surface area contributed by atoms with E-state index < -0.39 is 11.6 Å². The lowest BCUT2D eigenvalue weighted by Gasteiger charge is -2.26. The van der Waals surface area contributed by atoms with Crippen molar-refractivity contribution in [3.8, 4) is 11.5 Å². The number of aromatic nitrogens is 1. The molecule has 1 saturated carbocycles. The fourth-order valence-electron chi connectivity index (χ4n) is 3.12. The Morgan fingerprint density at radius 2 is 1.96 bits per heavy atom. The molecule has 3 rings (SSSR count). The van der Waals surface area contributed by atoms with Crippen LogP contribution >= 0.6 is 0 Å². The topological polar surface area (TPSA) is 68.3 Å². The number of carbonyl (C=O) groups excluding carboxylic acids is 2. The molecular formula is C20H20F2N2O3. The van der Waals surface area contributed by atoms with Gasteiger partial charge in [-0.2, -0.15) is 0 Å². The minimum Gasteiger partial charge on any atom is -0.453 e. The first-order chi connectivity index (χ1) is 12.9. The van der Waals surface area contributed by atoms with Crippen molar-refractivity contribution in [3.63, 3.8) is 0 Å². The van der Waals surface area contributed by atoms with Crippen LogP contribution in [0.4, 0.5) is 14.6 Å². The van der Waals surface area contributed by atoms with Crippen molar-refractivity contribution in [1.82, 2.24) is 4.98 Å². The van der Waals surface area contributed by atoms with E-state index in [4.69, 9.17) is 4.74 Å². The standard InChI is InChI=1S/C20H20F2N2O3/c1-12(13-2-5-15(25)6-3-13)20(26)24-19-9-7-16(11-23-19)27-18-8-4-14(21)10-17(18)22/h4,7-13H,2-3,5-6H2,1H3,(H,23,24,26). The number of amides is 1. The number of halogens is 2. The van der Waals surface area contributed by atoms with Gasteiger partial charge in [-0.05, 0) is 43.0 Å². The molecule has 0 aliphatic heterocycles. The van der Waals surface area contributed by atoms with Crippen LogP contribution in [0.25, 0.3) is 0 Å². The number of ketones is 1. The summed E-state index contributed by atoms with van der Waals surface area (Å²) in [6.45, 7) is 1.85. The molecule has 2 aromatic rings. The second-order valence-electron chi connectivity index (χ2n) is 6.71. The van der Waals surface area contributed by atoms with Crippen molar-refractivity contribution in [1.29, 1.82) is 0 Å². The number of pyridine rings is 1. The molecule has 142 valence electrons. The van der Waals surface area contributed by atoms with Crippen LogP contribution in [0, 0.1) is 23.5 Å². The Hall–Kier alpha value is -2.83. The van der Waals surface area contributed by atoms with E-state index in [1.54, 1.807) is 6.07 Å². The first kappa shape index (κ1) is 18.9. The molecule has 1 N–H and O–H groups in total. The van der Waals surface area contributed by atoms with Crippen LogP contribution in [0.5, 0.6) is 11.5 Å². The minimum absolute atomic E-state index is 0.115. The highest BCUT2D eigenvalue weighted by Crippen LogP contribution is 2.29.